The van der Waals surface area contributed by atoms with Crippen LogP contribution in [0.15, 0.2) is 108 Å². The molecule has 1 aliphatic rings. The van der Waals surface area contributed by atoms with E-state index in [2.05, 4.69) is 9.88 Å². The molecule has 0 bridgehead atoms. The zero-order valence-corrected chi connectivity index (χ0v) is 26.0. The van der Waals surface area contributed by atoms with Gasteiger partial charge in [-0.05, 0) is 74.8 Å². The number of rotatable bonds is 10. The largest absolute Gasteiger partial charge is 0.494 e. The number of esters is 1. The number of likely N-dealkylation sites (tertiary alicyclic amines) is 1. The van der Waals surface area contributed by atoms with Gasteiger partial charge in [-0.25, -0.2) is 9.79 Å². The maximum atomic E-state index is 13.7. The fourth-order valence-corrected chi connectivity index (χ4v) is 5.95. The average molecular weight is 615 g/mol. The molecule has 4 aromatic carbocycles. The number of aromatic nitrogens is 1. The van der Waals surface area contributed by atoms with Crippen molar-refractivity contribution in [1.29, 1.82) is 0 Å². The fourth-order valence-electron chi connectivity index (χ4n) is 5.95. The second-order valence-corrected chi connectivity index (χ2v) is 11.5. The summed E-state index contributed by atoms with van der Waals surface area (Å²) in [5, 5.41) is 11.9. The van der Waals surface area contributed by atoms with Gasteiger partial charge in [0.25, 0.3) is 0 Å². The second-order valence-electron chi connectivity index (χ2n) is 11.5. The van der Waals surface area contributed by atoms with Crippen LogP contribution >= 0.6 is 0 Å². The molecule has 0 atom stereocenters. The minimum Gasteiger partial charge on any atom is -0.494 e. The quantitative estimate of drug-likeness (QED) is 0.128. The highest BCUT2D eigenvalue weighted by Gasteiger charge is 2.22. The Balaban J connectivity index is 1.35. The SMILES string of the molecule is CCOC(=O)c1ccc2c(C(=Nc3ccc(N(Cc4ccccc4)C(=O)CN4CCCCC4)cc3)c3ccccc3)c(O)[nH]c2c1. The fraction of sp³-hybridized carbons (Fsp3) is 0.237. The molecule has 6 rings (SSSR count). The molecule has 0 saturated carbocycles. The van der Waals surface area contributed by atoms with Gasteiger partial charge in [-0.15, -0.1) is 0 Å². The van der Waals surface area contributed by atoms with Crippen LogP contribution in [0.1, 0.15) is 53.2 Å². The number of aliphatic imine (C=N–C) groups is 1. The average Bonchev–Trinajstić information content (AvgIpc) is 3.42. The molecule has 5 aromatic rings. The molecule has 1 aliphatic heterocycles. The van der Waals surface area contributed by atoms with Gasteiger partial charge in [0.2, 0.25) is 5.91 Å². The summed E-state index contributed by atoms with van der Waals surface area (Å²) in [6.45, 7) is 4.80. The number of ether oxygens (including phenoxy) is 1. The maximum Gasteiger partial charge on any atom is 0.338 e. The van der Waals surface area contributed by atoms with E-state index in [4.69, 9.17) is 9.73 Å². The Kier molecular flexibility index (Phi) is 9.55. The lowest BCUT2D eigenvalue weighted by Gasteiger charge is -2.30. The van der Waals surface area contributed by atoms with Gasteiger partial charge in [-0.1, -0.05) is 73.2 Å². The molecular weight excluding hydrogens is 576 g/mol. The van der Waals surface area contributed by atoms with E-state index < -0.39 is 5.97 Å². The van der Waals surface area contributed by atoms with Crippen LogP contribution in [0.3, 0.4) is 0 Å². The van der Waals surface area contributed by atoms with Crippen molar-refractivity contribution < 1.29 is 19.4 Å². The van der Waals surface area contributed by atoms with Crippen molar-refractivity contribution >= 4 is 39.9 Å². The molecule has 1 saturated heterocycles. The van der Waals surface area contributed by atoms with E-state index in [1.165, 1.54) is 6.42 Å². The number of nitrogens with one attached hydrogen (secondary N) is 1. The van der Waals surface area contributed by atoms with Crippen LogP contribution in [-0.4, -0.2) is 58.8 Å². The smallest absolute Gasteiger partial charge is 0.338 e. The Morgan fingerprint density at radius 1 is 0.870 bits per heavy atom. The van der Waals surface area contributed by atoms with Gasteiger partial charge >= 0.3 is 5.97 Å². The van der Waals surface area contributed by atoms with Gasteiger partial charge < -0.3 is 19.7 Å². The molecule has 0 radical (unpaired) electrons. The summed E-state index contributed by atoms with van der Waals surface area (Å²) in [4.78, 5) is 38.2. The molecule has 0 aliphatic carbocycles. The van der Waals surface area contributed by atoms with Gasteiger partial charge in [-0.3, -0.25) is 9.69 Å². The third-order valence-corrected chi connectivity index (χ3v) is 8.27. The van der Waals surface area contributed by atoms with Crippen LogP contribution in [0.2, 0.25) is 0 Å². The molecule has 2 N–H and O–H groups in total. The first-order valence-corrected chi connectivity index (χ1v) is 15.8. The van der Waals surface area contributed by atoms with E-state index in [0.717, 1.165) is 48.1 Å². The molecule has 46 heavy (non-hydrogen) atoms. The number of carbonyl (C=O) groups is 2. The van der Waals surface area contributed by atoms with Crippen molar-refractivity contribution in [2.75, 3.05) is 31.1 Å². The number of aromatic amines is 1. The monoisotopic (exact) mass is 614 g/mol. The highest BCUT2D eigenvalue weighted by molar-refractivity contribution is 6.22. The summed E-state index contributed by atoms with van der Waals surface area (Å²) >= 11 is 0. The number of hydrogen-bond donors (Lipinski definition) is 2. The number of hydrogen-bond acceptors (Lipinski definition) is 6. The number of fused-ring (bicyclic) bond motifs is 1. The zero-order chi connectivity index (χ0) is 31.9. The molecule has 8 nitrogen and oxygen atoms in total. The predicted octanol–water partition coefficient (Wildman–Crippen LogP) is 7.24. The lowest BCUT2D eigenvalue weighted by Crippen LogP contribution is -2.42. The van der Waals surface area contributed by atoms with E-state index >= 15 is 0 Å². The number of piperidine rings is 1. The van der Waals surface area contributed by atoms with Crippen LogP contribution in [-0.2, 0) is 16.1 Å². The molecule has 1 amide bonds. The van der Waals surface area contributed by atoms with Crippen LogP contribution in [0.5, 0.6) is 5.88 Å². The Labute approximate surface area is 269 Å². The summed E-state index contributed by atoms with van der Waals surface area (Å²) in [7, 11) is 0. The molecular formula is C38H38N4O4. The van der Waals surface area contributed by atoms with E-state index in [1.54, 1.807) is 25.1 Å². The lowest BCUT2D eigenvalue weighted by molar-refractivity contribution is -0.120. The highest BCUT2D eigenvalue weighted by Crippen LogP contribution is 2.33. The number of H-pyrrole nitrogens is 1. The van der Waals surface area contributed by atoms with Crippen LogP contribution in [0, 0.1) is 0 Å². The first-order chi connectivity index (χ1) is 22.5. The first-order valence-electron chi connectivity index (χ1n) is 15.8. The summed E-state index contributed by atoms with van der Waals surface area (Å²) in [5.41, 5.74) is 5.44. The van der Waals surface area contributed by atoms with E-state index in [9.17, 15) is 14.7 Å². The van der Waals surface area contributed by atoms with E-state index in [-0.39, 0.29) is 18.4 Å². The third kappa shape index (κ3) is 7.03. The minimum atomic E-state index is -0.423. The summed E-state index contributed by atoms with van der Waals surface area (Å²) in [6.07, 6.45) is 3.47. The Morgan fingerprint density at radius 2 is 1.57 bits per heavy atom. The van der Waals surface area contributed by atoms with Crippen molar-refractivity contribution in [3.05, 3.63) is 125 Å². The zero-order valence-electron chi connectivity index (χ0n) is 26.0. The molecule has 1 fully saturated rings. The molecule has 0 unspecified atom stereocenters. The van der Waals surface area contributed by atoms with Gasteiger partial charge in [0.05, 0.1) is 42.2 Å². The first kappa shape index (κ1) is 30.8. The van der Waals surface area contributed by atoms with Gasteiger partial charge in [0, 0.05) is 22.2 Å². The Hall–Kier alpha value is -5.21. The molecule has 0 spiro atoms. The Bertz CT molecular complexity index is 1830. The summed E-state index contributed by atoms with van der Waals surface area (Å²) in [5.74, 6) is -0.404. The van der Waals surface area contributed by atoms with Crippen molar-refractivity contribution in [2.24, 2.45) is 4.99 Å². The number of nitrogens with zero attached hydrogens (tertiary/aromatic N) is 3. The maximum absolute atomic E-state index is 13.7. The van der Waals surface area contributed by atoms with E-state index in [1.807, 2.05) is 89.8 Å². The second kappa shape index (κ2) is 14.3. The van der Waals surface area contributed by atoms with Crippen LogP contribution < -0.4 is 4.90 Å². The predicted molar refractivity (Wildman–Crippen MR) is 182 cm³/mol. The van der Waals surface area contributed by atoms with Gasteiger partial charge in [0.15, 0.2) is 5.88 Å². The highest BCUT2D eigenvalue weighted by atomic mass is 16.5. The number of benzene rings is 4. The minimum absolute atomic E-state index is 0.0485. The summed E-state index contributed by atoms with van der Waals surface area (Å²) in [6, 6.07) is 32.5. The molecule has 1 aromatic heterocycles. The van der Waals surface area contributed by atoms with Gasteiger partial charge in [-0.2, -0.15) is 0 Å². The number of amides is 1. The number of anilines is 1. The number of carbonyl (C=O) groups excluding carboxylic acids is 2. The normalized spacial score (nSPS) is 13.9. The third-order valence-electron chi connectivity index (χ3n) is 8.27. The molecule has 2 heterocycles. The molecule has 8 heteroatoms. The van der Waals surface area contributed by atoms with E-state index in [0.29, 0.717) is 41.1 Å². The summed E-state index contributed by atoms with van der Waals surface area (Å²) < 4.78 is 5.16. The van der Waals surface area contributed by atoms with Crippen molar-refractivity contribution in [1.82, 2.24) is 9.88 Å². The topological polar surface area (TPSA) is 98.2 Å². The molecule has 234 valence electrons. The van der Waals surface area contributed by atoms with Crippen LogP contribution in [0.25, 0.3) is 10.9 Å². The van der Waals surface area contributed by atoms with Crippen molar-refractivity contribution in [2.45, 2.75) is 32.7 Å². The van der Waals surface area contributed by atoms with Crippen molar-refractivity contribution in [3.63, 3.8) is 0 Å². The van der Waals surface area contributed by atoms with Crippen LogP contribution in [0.4, 0.5) is 11.4 Å². The van der Waals surface area contributed by atoms with Crippen molar-refractivity contribution in [3.8, 4) is 5.88 Å². The number of aromatic hydroxyl groups is 1. The lowest BCUT2D eigenvalue weighted by atomic mass is 10.00. The standard InChI is InChI=1S/C38H38N4O4/c1-2-46-38(45)29-16-21-32-33(24-29)40-37(44)35(32)36(28-14-8-4-9-15-28)39-30-17-19-31(20-18-30)42(25-27-12-6-3-7-13-27)34(43)26-41-22-10-5-11-23-41/h3-4,6-9,12-21,24,40,44H,2,5,10-11,22-23,25-26H2,1H3. The van der Waals surface area contributed by atoms with Gasteiger partial charge in [0.1, 0.15) is 0 Å². The Morgan fingerprint density at radius 3 is 2.26 bits per heavy atom.